The van der Waals surface area contributed by atoms with Gasteiger partial charge in [-0.2, -0.15) is 0 Å². The molecule has 4 heteroatoms. The van der Waals surface area contributed by atoms with E-state index in [0.29, 0.717) is 5.69 Å². The van der Waals surface area contributed by atoms with Crippen LogP contribution in [-0.2, 0) is 6.42 Å². The molecule has 0 amide bonds. The van der Waals surface area contributed by atoms with Crippen molar-refractivity contribution in [3.05, 3.63) is 47.9 Å². The third-order valence-corrected chi connectivity index (χ3v) is 2.94. The van der Waals surface area contributed by atoms with E-state index in [1.165, 1.54) is 30.8 Å². The van der Waals surface area contributed by atoms with Crippen molar-refractivity contribution >= 4 is 5.97 Å². The lowest BCUT2D eigenvalue weighted by Gasteiger charge is -2.03. The van der Waals surface area contributed by atoms with Crippen molar-refractivity contribution in [1.29, 1.82) is 0 Å². The minimum absolute atomic E-state index is 0.0386. The first-order valence-corrected chi connectivity index (χ1v) is 6.35. The fraction of sp³-hybridized carbons (Fsp3) is 0.267. The Morgan fingerprint density at radius 1 is 1.16 bits per heavy atom. The van der Waals surface area contributed by atoms with Crippen LogP contribution < -0.4 is 0 Å². The quantitative estimate of drug-likeness (QED) is 0.892. The summed E-state index contributed by atoms with van der Waals surface area (Å²) < 4.78 is 0. The Hall–Kier alpha value is -2.23. The van der Waals surface area contributed by atoms with E-state index in [-0.39, 0.29) is 5.69 Å². The molecule has 0 spiro atoms. The van der Waals surface area contributed by atoms with E-state index in [4.69, 9.17) is 5.11 Å². The second-order valence-electron chi connectivity index (χ2n) is 4.39. The summed E-state index contributed by atoms with van der Waals surface area (Å²) in [6, 6.07) is 8.15. The van der Waals surface area contributed by atoms with Crippen LogP contribution in [-0.4, -0.2) is 21.0 Å². The van der Waals surface area contributed by atoms with Crippen molar-refractivity contribution in [2.75, 3.05) is 0 Å². The molecule has 0 bridgehead atoms. The highest BCUT2D eigenvalue weighted by Gasteiger charge is 2.06. The van der Waals surface area contributed by atoms with Gasteiger partial charge in [0.2, 0.25) is 0 Å². The normalized spacial score (nSPS) is 10.4. The van der Waals surface area contributed by atoms with E-state index in [0.717, 1.165) is 12.0 Å². The van der Waals surface area contributed by atoms with Crippen LogP contribution in [0.5, 0.6) is 0 Å². The number of carboxylic acids is 1. The predicted octanol–water partition coefficient (Wildman–Crippen LogP) is 3.18. The zero-order valence-electron chi connectivity index (χ0n) is 10.8. The van der Waals surface area contributed by atoms with Crippen LogP contribution in [0.4, 0.5) is 0 Å². The summed E-state index contributed by atoms with van der Waals surface area (Å²) in [7, 11) is 0. The molecule has 0 aliphatic rings. The number of aromatic nitrogens is 2. The minimum atomic E-state index is -1.06. The molecule has 0 fully saturated rings. The molecule has 4 nitrogen and oxygen atoms in total. The van der Waals surface area contributed by atoms with Gasteiger partial charge < -0.3 is 5.11 Å². The van der Waals surface area contributed by atoms with Gasteiger partial charge in [-0.15, -0.1) is 0 Å². The summed E-state index contributed by atoms with van der Waals surface area (Å²) in [6.45, 7) is 2.17. The molecule has 0 radical (unpaired) electrons. The van der Waals surface area contributed by atoms with Crippen LogP contribution in [0.25, 0.3) is 11.3 Å². The summed E-state index contributed by atoms with van der Waals surface area (Å²) in [5, 5.41) is 8.76. The molecule has 1 heterocycles. The first-order valence-electron chi connectivity index (χ1n) is 6.35. The molecular weight excluding hydrogens is 240 g/mol. The minimum Gasteiger partial charge on any atom is -0.476 e. The number of benzene rings is 1. The van der Waals surface area contributed by atoms with Gasteiger partial charge in [-0.1, -0.05) is 37.6 Å². The first kappa shape index (κ1) is 13.2. The molecule has 19 heavy (non-hydrogen) atoms. The van der Waals surface area contributed by atoms with Crippen LogP contribution in [0.2, 0.25) is 0 Å². The van der Waals surface area contributed by atoms with Crippen molar-refractivity contribution in [1.82, 2.24) is 9.97 Å². The Labute approximate surface area is 112 Å². The molecule has 0 saturated heterocycles. The van der Waals surface area contributed by atoms with E-state index < -0.39 is 5.97 Å². The molecule has 0 unspecified atom stereocenters. The number of hydrogen-bond donors (Lipinski definition) is 1. The van der Waals surface area contributed by atoms with Gasteiger partial charge in [0.1, 0.15) is 0 Å². The van der Waals surface area contributed by atoms with Crippen molar-refractivity contribution in [3.8, 4) is 11.3 Å². The molecule has 0 aliphatic carbocycles. The Morgan fingerprint density at radius 3 is 2.42 bits per heavy atom. The molecule has 1 aromatic carbocycles. The maximum atomic E-state index is 10.7. The molecule has 2 aromatic rings. The lowest BCUT2D eigenvalue weighted by atomic mass is 10.1. The molecular formula is C15H16N2O2. The number of carboxylic acid groups (broad SMARTS) is 1. The highest BCUT2D eigenvalue weighted by Crippen LogP contribution is 2.17. The van der Waals surface area contributed by atoms with Crippen LogP contribution in [0.15, 0.2) is 36.7 Å². The van der Waals surface area contributed by atoms with Crippen LogP contribution in [0.3, 0.4) is 0 Å². The highest BCUT2D eigenvalue weighted by atomic mass is 16.4. The average molecular weight is 256 g/mol. The number of aryl methyl sites for hydroxylation is 1. The number of rotatable bonds is 5. The maximum Gasteiger partial charge on any atom is 0.356 e. The summed E-state index contributed by atoms with van der Waals surface area (Å²) in [4.78, 5) is 18.7. The zero-order valence-corrected chi connectivity index (χ0v) is 10.8. The molecule has 0 atom stereocenters. The van der Waals surface area contributed by atoms with Gasteiger partial charge in [-0.25, -0.2) is 9.78 Å². The van der Waals surface area contributed by atoms with Gasteiger partial charge in [-0.05, 0) is 18.4 Å². The van der Waals surface area contributed by atoms with E-state index in [9.17, 15) is 4.79 Å². The van der Waals surface area contributed by atoms with Gasteiger partial charge in [-0.3, -0.25) is 4.98 Å². The number of nitrogens with zero attached hydrogens (tertiary/aromatic N) is 2. The number of aromatic carboxylic acids is 1. The largest absolute Gasteiger partial charge is 0.476 e. The molecule has 0 aliphatic heterocycles. The number of unbranched alkanes of at least 4 members (excludes halogenated alkanes) is 1. The lowest BCUT2D eigenvalue weighted by Crippen LogP contribution is -2.01. The van der Waals surface area contributed by atoms with Gasteiger partial charge >= 0.3 is 5.97 Å². The molecule has 1 aromatic heterocycles. The molecule has 98 valence electrons. The van der Waals surface area contributed by atoms with E-state index in [1.807, 2.05) is 12.1 Å². The van der Waals surface area contributed by atoms with Gasteiger partial charge in [0, 0.05) is 5.56 Å². The van der Waals surface area contributed by atoms with E-state index in [2.05, 4.69) is 29.0 Å². The van der Waals surface area contributed by atoms with Crippen LogP contribution in [0, 0.1) is 0 Å². The summed E-state index contributed by atoms with van der Waals surface area (Å²) in [5.41, 5.74) is 2.90. The summed E-state index contributed by atoms with van der Waals surface area (Å²) in [5.74, 6) is -1.06. The van der Waals surface area contributed by atoms with Crippen molar-refractivity contribution < 1.29 is 9.90 Å². The third-order valence-electron chi connectivity index (χ3n) is 2.94. The third kappa shape index (κ3) is 3.37. The van der Waals surface area contributed by atoms with Crippen molar-refractivity contribution in [2.24, 2.45) is 0 Å². The fourth-order valence-electron chi connectivity index (χ4n) is 1.81. The SMILES string of the molecule is CCCCc1ccc(-c2cnc(C(=O)O)cn2)cc1. The van der Waals surface area contributed by atoms with Gasteiger partial charge in [0.05, 0.1) is 18.1 Å². The molecule has 1 N–H and O–H groups in total. The van der Waals surface area contributed by atoms with Crippen LogP contribution >= 0.6 is 0 Å². The lowest BCUT2D eigenvalue weighted by molar-refractivity contribution is 0.0690. The summed E-state index contributed by atoms with van der Waals surface area (Å²) >= 11 is 0. The maximum absolute atomic E-state index is 10.7. The number of carbonyl (C=O) groups is 1. The highest BCUT2D eigenvalue weighted by molar-refractivity contribution is 5.85. The Morgan fingerprint density at radius 2 is 1.89 bits per heavy atom. The van der Waals surface area contributed by atoms with Crippen molar-refractivity contribution in [3.63, 3.8) is 0 Å². The smallest absolute Gasteiger partial charge is 0.356 e. The predicted molar refractivity (Wildman–Crippen MR) is 73.0 cm³/mol. The first-order chi connectivity index (χ1) is 9.20. The zero-order chi connectivity index (χ0) is 13.7. The fourth-order valence-corrected chi connectivity index (χ4v) is 1.81. The van der Waals surface area contributed by atoms with Gasteiger partial charge in [0.25, 0.3) is 0 Å². The van der Waals surface area contributed by atoms with E-state index >= 15 is 0 Å². The molecule has 2 rings (SSSR count). The Balaban J connectivity index is 2.15. The van der Waals surface area contributed by atoms with E-state index in [1.54, 1.807) is 0 Å². The Kier molecular flexibility index (Phi) is 4.23. The number of hydrogen-bond acceptors (Lipinski definition) is 3. The van der Waals surface area contributed by atoms with Crippen molar-refractivity contribution in [2.45, 2.75) is 26.2 Å². The standard InChI is InChI=1S/C15H16N2O2/c1-2-3-4-11-5-7-12(8-6-11)13-9-17-14(10-16-13)15(18)19/h5-10H,2-4H2,1H3,(H,18,19). The summed E-state index contributed by atoms with van der Waals surface area (Å²) in [6.07, 6.45) is 6.23. The average Bonchev–Trinajstić information content (AvgIpc) is 2.46. The monoisotopic (exact) mass is 256 g/mol. The Bertz CT molecular complexity index is 547. The van der Waals surface area contributed by atoms with Crippen LogP contribution in [0.1, 0.15) is 35.8 Å². The molecule has 0 saturated carbocycles. The van der Waals surface area contributed by atoms with Gasteiger partial charge in [0.15, 0.2) is 5.69 Å². The topological polar surface area (TPSA) is 63.1 Å². The second kappa shape index (κ2) is 6.09. The second-order valence-corrected chi connectivity index (χ2v) is 4.39.